The fourth-order valence-electron chi connectivity index (χ4n) is 3.08. The number of allylic oxidation sites excluding steroid dienone is 2. The van der Waals surface area contributed by atoms with E-state index in [0.29, 0.717) is 4.73 Å². The van der Waals surface area contributed by atoms with Gasteiger partial charge < -0.3 is 30.7 Å². The van der Waals surface area contributed by atoms with Crippen molar-refractivity contribution in [1.29, 1.82) is 0 Å². The summed E-state index contributed by atoms with van der Waals surface area (Å²) in [6.07, 6.45) is 5.29. The first-order chi connectivity index (χ1) is 13.9. The SMILES string of the molecule is O=c1c2cn(O)ccc-2c(O)c2c1C(=NC(CO)CO)C=CC2=NC(CO)CO. The topological polar surface area (TPSA) is 168 Å². The van der Waals surface area contributed by atoms with Crippen LogP contribution in [0.25, 0.3) is 11.1 Å². The zero-order valence-corrected chi connectivity index (χ0v) is 15.3. The number of aliphatic hydroxyl groups is 4. The van der Waals surface area contributed by atoms with Gasteiger partial charge >= 0.3 is 0 Å². The maximum Gasteiger partial charge on any atom is 0.198 e. The summed E-state index contributed by atoms with van der Waals surface area (Å²) in [4.78, 5) is 21.6. The minimum atomic E-state index is -0.876. The first kappa shape index (κ1) is 20.7. The van der Waals surface area contributed by atoms with Gasteiger partial charge in [-0.2, -0.15) is 0 Å². The Bertz CT molecular complexity index is 1020. The molecule has 0 aromatic rings. The van der Waals surface area contributed by atoms with Crippen molar-refractivity contribution in [1.82, 2.24) is 4.73 Å². The van der Waals surface area contributed by atoms with E-state index >= 15 is 0 Å². The van der Waals surface area contributed by atoms with E-state index < -0.39 is 43.9 Å². The Kier molecular flexibility index (Phi) is 6.09. The third-order valence-electron chi connectivity index (χ3n) is 4.56. The second-order valence-corrected chi connectivity index (χ2v) is 6.48. The number of phenols is 1. The van der Waals surface area contributed by atoms with Crippen molar-refractivity contribution in [2.24, 2.45) is 9.98 Å². The van der Waals surface area contributed by atoms with Gasteiger partial charge in [0.1, 0.15) is 5.75 Å². The molecule has 0 aromatic carbocycles. The maximum atomic E-state index is 13.2. The molecule has 6 N–H and O–H groups in total. The summed E-state index contributed by atoms with van der Waals surface area (Å²) in [5, 5.41) is 57.9. The van der Waals surface area contributed by atoms with E-state index in [1.54, 1.807) is 0 Å². The number of fused-ring (bicyclic) bond motifs is 2. The van der Waals surface area contributed by atoms with E-state index in [1.807, 2.05) is 0 Å². The van der Waals surface area contributed by atoms with E-state index in [1.165, 1.54) is 24.4 Å². The third kappa shape index (κ3) is 3.78. The number of rotatable bonds is 6. The largest absolute Gasteiger partial charge is 0.507 e. The molecular weight excluding hydrogens is 382 g/mol. The molecule has 29 heavy (non-hydrogen) atoms. The monoisotopic (exact) mass is 403 g/mol. The van der Waals surface area contributed by atoms with Crippen LogP contribution in [0.4, 0.5) is 0 Å². The van der Waals surface area contributed by atoms with Gasteiger partial charge in [0.05, 0.1) is 72.8 Å². The minimum Gasteiger partial charge on any atom is -0.507 e. The van der Waals surface area contributed by atoms with Crippen LogP contribution in [0, 0.1) is 0 Å². The lowest BCUT2D eigenvalue weighted by atomic mass is 9.86. The number of aromatic nitrogens is 1. The van der Waals surface area contributed by atoms with Gasteiger partial charge in [-0.1, -0.05) is 0 Å². The van der Waals surface area contributed by atoms with Gasteiger partial charge in [0.25, 0.3) is 0 Å². The van der Waals surface area contributed by atoms with Crippen molar-refractivity contribution in [2.45, 2.75) is 12.1 Å². The van der Waals surface area contributed by atoms with Gasteiger partial charge in [0.2, 0.25) is 0 Å². The van der Waals surface area contributed by atoms with Gasteiger partial charge in [-0.05, 0) is 18.2 Å². The molecule has 0 amide bonds. The molecule has 0 saturated heterocycles. The average Bonchev–Trinajstić information content (AvgIpc) is 2.74. The molecule has 0 atom stereocenters. The van der Waals surface area contributed by atoms with E-state index in [4.69, 9.17) is 0 Å². The third-order valence-corrected chi connectivity index (χ3v) is 4.56. The van der Waals surface area contributed by atoms with Crippen LogP contribution in [-0.4, -0.2) is 85.4 Å². The molecule has 0 spiro atoms. The van der Waals surface area contributed by atoms with Crippen molar-refractivity contribution in [3.63, 3.8) is 0 Å². The molecular formula is C19H21N3O7. The number of hydrogen-bond donors (Lipinski definition) is 6. The van der Waals surface area contributed by atoms with E-state index in [9.17, 15) is 35.5 Å². The Labute approximate surface area is 165 Å². The molecule has 0 unspecified atom stereocenters. The number of hydrogen-bond acceptors (Lipinski definition) is 9. The summed E-state index contributed by atoms with van der Waals surface area (Å²) in [7, 11) is 0. The predicted molar refractivity (Wildman–Crippen MR) is 104 cm³/mol. The summed E-state index contributed by atoms with van der Waals surface area (Å²) in [5.74, 6) is -0.287. The van der Waals surface area contributed by atoms with Crippen LogP contribution < -0.4 is 5.43 Å². The number of pyridine rings is 1. The molecule has 0 aromatic heterocycles. The minimum absolute atomic E-state index is 0.0241. The van der Waals surface area contributed by atoms with Crippen molar-refractivity contribution in [3.8, 4) is 16.9 Å². The van der Waals surface area contributed by atoms with Gasteiger partial charge in [-0.25, -0.2) is 4.73 Å². The summed E-state index contributed by atoms with van der Waals surface area (Å²) in [5.41, 5.74) is -0.0390. The molecule has 1 heterocycles. The Hall–Kier alpha value is -3.05. The molecule has 10 heteroatoms. The Morgan fingerprint density at radius 1 is 0.862 bits per heavy atom. The number of aromatic hydroxyl groups is 1. The van der Waals surface area contributed by atoms with Crippen LogP contribution in [0.1, 0.15) is 11.1 Å². The van der Waals surface area contributed by atoms with Crippen molar-refractivity contribution in [2.75, 3.05) is 26.4 Å². The summed E-state index contributed by atoms with van der Waals surface area (Å²) in [6.45, 7) is -1.79. The van der Waals surface area contributed by atoms with Crippen molar-refractivity contribution >= 4 is 11.4 Å². The number of phenolic OH excluding ortho intramolecular Hbond substituents is 1. The molecule has 0 bridgehead atoms. The normalized spacial score (nSPS) is 16.5. The van der Waals surface area contributed by atoms with E-state index in [0.717, 1.165) is 6.20 Å². The summed E-state index contributed by atoms with van der Waals surface area (Å²) < 4.78 is 0.678. The molecule has 0 radical (unpaired) electrons. The summed E-state index contributed by atoms with van der Waals surface area (Å²) in [6, 6.07) is -0.373. The number of aliphatic imine (C=N–C) groups is 2. The second-order valence-electron chi connectivity index (χ2n) is 6.48. The molecule has 3 aliphatic rings. The highest BCUT2D eigenvalue weighted by atomic mass is 16.5. The van der Waals surface area contributed by atoms with Gasteiger partial charge in [-0.3, -0.25) is 14.8 Å². The number of nitrogens with zero attached hydrogens (tertiary/aromatic N) is 3. The van der Waals surface area contributed by atoms with Crippen molar-refractivity contribution in [3.05, 3.63) is 52.0 Å². The van der Waals surface area contributed by atoms with Crippen molar-refractivity contribution < 1.29 is 30.7 Å². The number of benzene rings is 1. The standard InChI is InChI=1S/C19H21N3O7/c23-6-10(7-24)20-14-1-2-15(21-11(8-25)9-26)17-16(14)18(27)12-3-4-22(29)5-13(12)19(17)28/h1-5,10-11,23-27,29H,6-9H2. The molecule has 0 fully saturated rings. The second kappa shape index (κ2) is 8.53. The maximum absolute atomic E-state index is 13.2. The van der Waals surface area contributed by atoms with Crippen LogP contribution in [0.15, 0.2) is 45.4 Å². The lowest BCUT2D eigenvalue weighted by molar-refractivity contribution is 0.184. The fourth-order valence-corrected chi connectivity index (χ4v) is 3.08. The highest BCUT2D eigenvalue weighted by Gasteiger charge is 2.30. The number of aliphatic hydroxyl groups excluding tert-OH is 4. The first-order valence-corrected chi connectivity index (χ1v) is 8.83. The van der Waals surface area contributed by atoms with Crippen LogP contribution in [0.2, 0.25) is 0 Å². The van der Waals surface area contributed by atoms with Gasteiger partial charge in [0.15, 0.2) is 5.43 Å². The molecule has 10 nitrogen and oxygen atoms in total. The smallest absolute Gasteiger partial charge is 0.198 e. The highest BCUT2D eigenvalue weighted by molar-refractivity contribution is 6.27. The Morgan fingerprint density at radius 3 is 1.90 bits per heavy atom. The first-order valence-electron chi connectivity index (χ1n) is 8.83. The van der Waals surface area contributed by atoms with Crippen LogP contribution in [-0.2, 0) is 0 Å². The van der Waals surface area contributed by atoms with E-state index in [-0.39, 0.29) is 39.4 Å². The Morgan fingerprint density at radius 2 is 1.38 bits per heavy atom. The highest BCUT2D eigenvalue weighted by Crippen LogP contribution is 2.36. The van der Waals surface area contributed by atoms with Gasteiger partial charge in [-0.15, -0.1) is 0 Å². The van der Waals surface area contributed by atoms with Gasteiger partial charge in [0, 0.05) is 11.8 Å². The molecule has 1 aliphatic heterocycles. The summed E-state index contributed by atoms with van der Waals surface area (Å²) >= 11 is 0. The molecule has 0 saturated carbocycles. The molecule has 3 rings (SSSR count). The lowest BCUT2D eigenvalue weighted by Gasteiger charge is -2.22. The van der Waals surface area contributed by atoms with E-state index in [2.05, 4.69) is 9.98 Å². The lowest BCUT2D eigenvalue weighted by Crippen LogP contribution is -2.29. The predicted octanol–water partition coefficient (Wildman–Crippen LogP) is -1.25. The zero-order chi connectivity index (χ0) is 21.1. The quantitative estimate of drug-likeness (QED) is 0.328. The average molecular weight is 403 g/mol. The fraction of sp³-hybridized carbons (Fsp3) is 0.316. The van der Waals surface area contributed by atoms with Crippen LogP contribution in [0.3, 0.4) is 0 Å². The molecule has 2 aliphatic carbocycles. The van der Waals surface area contributed by atoms with Crippen LogP contribution in [0.5, 0.6) is 5.75 Å². The van der Waals surface area contributed by atoms with Crippen LogP contribution >= 0.6 is 0 Å². The Balaban J connectivity index is 2.38. The zero-order valence-electron chi connectivity index (χ0n) is 15.3. The molecule has 154 valence electrons.